The maximum Gasteiger partial charge on any atom is 0.213 e. The van der Waals surface area contributed by atoms with Crippen molar-refractivity contribution in [1.82, 2.24) is 19.2 Å². The molecule has 0 saturated carbocycles. The van der Waals surface area contributed by atoms with E-state index in [2.05, 4.69) is 54.2 Å². The van der Waals surface area contributed by atoms with Crippen molar-refractivity contribution >= 4 is 27.2 Å². The van der Waals surface area contributed by atoms with E-state index in [1.807, 2.05) is 28.9 Å². The molecule has 0 aliphatic heterocycles. The minimum Gasteiger partial charge on any atom is -0.350 e. The summed E-state index contributed by atoms with van der Waals surface area (Å²) in [6, 6.07) is 18.6. The molecule has 0 amide bonds. The van der Waals surface area contributed by atoms with Gasteiger partial charge in [0, 0.05) is 35.3 Å². The van der Waals surface area contributed by atoms with E-state index < -0.39 is 0 Å². The molecule has 2 aromatic carbocycles. The number of benzene rings is 2. The first-order chi connectivity index (χ1) is 11.8. The Bertz CT molecular complexity index is 1130. The molecule has 24 heavy (non-hydrogen) atoms. The molecule has 4 nitrogen and oxygen atoms in total. The molecule has 3 heterocycles. The third-order valence-electron chi connectivity index (χ3n) is 4.24. The SMILES string of the molecule is Cn1cc(-c2nn3cc(-c4ccccc4)nc3s2)c2ccccc21. The number of para-hydroxylation sites is 1. The minimum atomic E-state index is 0.914. The van der Waals surface area contributed by atoms with Crippen molar-refractivity contribution < 1.29 is 0 Å². The van der Waals surface area contributed by atoms with E-state index >= 15 is 0 Å². The van der Waals surface area contributed by atoms with Crippen LogP contribution in [0.25, 0.3) is 37.7 Å². The number of aryl methyl sites for hydroxylation is 1. The average Bonchev–Trinajstić information content (AvgIpc) is 3.27. The van der Waals surface area contributed by atoms with Gasteiger partial charge in [0.15, 0.2) is 0 Å². The molecule has 0 aliphatic rings. The van der Waals surface area contributed by atoms with E-state index in [0.717, 1.165) is 26.8 Å². The lowest BCUT2D eigenvalue weighted by atomic mass is 10.2. The molecule has 0 unspecified atom stereocenters. The van der Waals surface area contributed by atoms with Crippen LogP contribution in [-0.2, 0) is 7.05 Å². The van der Waals surface area contributed by atoms with Crippen molar-refractivity contribution in [2.24, 2.45) is 7.05 Å². The summed E-state index contributed by atoms with van der Waals surface area (Å²) in [5.74, 6) is 0. The Morgan fingerprint density at radius 3 is 2.54 bits per heavy atom. The normalized spacial score (nSPS) is 11.5. The molecule has 3 aromatic heterocycles. The van der Waals surface area contributed by atoms with Crippen LogP contribution in [0.1, 0.15) is 0 Å². The number of rotatable bonds is 2. The van der Waals surface area contributed by atoms with Crippen LogP contribution in [0.3, 0.4) is 0 Å². The first kappa shape index (κ1) is 13.5. The van der Waals surface area contributed by atoms with Crippen molar-refractivity contribution in [2.45, 2.75) is 0 Å². The van der Waals surface area contributed by atoms with Gasteiger partial charge < -0.3 is 4.57 Å². The van der Waals surface area contributed by atoms with Gasteiger partial charge in [-0.1, -0.05) is 59.9 Å². The van der Waals surface area contributed by atoms with E-state index in [0.29, 0.717) is 0 Å². The number of nitrogens with zero attached hydrogens (tertiary/aromatic N) is 4. The zero-order chi connectivity index (χ0) is 16.1. The highest BCUT2D eigenvalue weighted by atomic mass is 32.1. The zero-order valence-corrected chi connectivity index (χ0v) is 13.9. The van der Waals surface area contributed by atoms with Crippen molar-refractivity contribution in [1.29, 1.82) is 0 Å². The monoisotopic (exact) mass is 330 g/mol. The molecular formula is C19H14N4S. The fraction of sp³-hybridized carbons (Fsp3) is 0.0526. The first-order valence-corrected chi connectivity index (χ1v) is 8.57. The predicted molar refractivity (Wildman–Crippen MR) is 98.2 cm³/mol. The summed E-state index contributed by atoms with van der Waals surface area (Å²) in [5, 5.41) is 6.97. The van der Waals surface area contributed by atoms with Crippen molar-refractivity contribution in [3.8, 4) is 21.8 Å². The molecule has 5 aromatic rings. The second kappa shape index (κ2) is 5.04. The molecule has 0 fully saturated rings. The predicted octanol–water partition coefficient (Wildman–Crippen LogP) is 4.62. The Morgan fingerprint density at radius 2 is 1.71 bits per heavy atom. The van der Waals surface area contributed by atoms with Crippen LogP contribution < -0.4 is 0 Å². The molecule has 5 rings (SSSR count). The van der Waals surface area contributed by atoms with Gasteiger partial charge in [0.25, 0.3) is 0 Å². The van der Waals surface area contributed by atoms with Gasteiger partial charge in [-0.05, 0) is 6.07 Å². The van der Waals surface area contributed by atoms with Gasteiger partial charge in [0.2, 0.25) is 4.96 Å². The number of hydrogen-bond acceptors (Lipinski definition) is 3. The molecule has 0 N–H and O–H groups in total. The lowest BCUT2D eigenvalue weighted by molar-refractivity contribution is 0.961. The van der Waals surface area contributed by atoms with Gasteiger partial charge in [0.1, 0.15) is 5.01 Å². The second-order valence-corrected chi connectivity index (χ2v) is 6.75. The maximum atomic E-state index is 4.75. The van der Waals surface area contributed by atoms with Crippen molar-refractivity contribution in [2.75, 3.05) is 0 Å². The Labute approximate surface area is 142 Å². The van der Waals surface area contributed by atoms with E-state index in [-0.39, 0.29) is 0 Å². The number of hydrogen-bond donors (Lipinski definition) is 0. The highest BCUT2D eigenvalue weighted by Gasteiger charge is 2.15. The van der Waals surface area contributed by atoms with Crippen LogP contribution >= 0.6 is 11.3 Å². The highest BCUT2D eigenvalue weighted by Crippen LogP contribution is 2.33. The Kier molecular flexibility index (Phi) is 2.84. The van der Waals surface area contributed by atoms with Gasteiger partial charge in [-0.25, -0.2) is 9.50 Å². The summed E-state index contributed by atoms with van der Waals surface area (Å²) in [7, 11) is 2.07. The van der Waals surface area contributed by atoms with Crippen LogP contribution in [0.5, 0.6) is 0 Å². The van der Waals surface area contributed by atoms with Gasteiger partial charge in [-0.15, -0.1) is 0 Å². The topological polar surface area (TPSA) is 35.1 Å². The molecule has 116 valence electrons. The Morgan fingerprint density at radius 1 is 0.917 bits per heavy atom. The summed E-state index contributed by atoms with van der Waals surface area (Å²) in [4.78, 5) is 5.64. The molecule has 0 spiro atoms. The molecule has 0 atom stereocenters. The van der Waals surface area contributed by atoms with E-state index in [1.54, 1.807) is 11.3 Å². The summed E-state index contributed by atoms with van der Waals surface area (Å²) < 4.78 is 4.02. The Hall–Kier alpha value is -2.92. The quantitative estimate of drug-likeness (QED) is 0.473. The summed E-state index contributed by atoms with van der Waals surface area (Å²) in [6.07, 6.45) is 4.14. The van der Waals surface area contributed by atoms with Crippen LogP contribution in [0, 0.1) is 0 Å². The van der Waals surface area contributed by atoms with Crippen LogP contribution in [0.2, 0.25) is 0 Å². The van der Waals surface area contributed by atoms with E-state index in [1.165, 1.54) is 10.9 Å². The molecule has 0 aliphatic carbocycles. The number of fused-ring (bicyclic) bond motifs is 2. The second-order valence-electron chi connectivity index (χ2n) is 5.80. The zero-order valence-electron chi connectivity index (χ0n) is 13.0. The van der Waals surface area contributed by atoms with E-state index in [9.17, 15) is 0 Å². The lowest BCUT2D eigenvalue weighted by Crippen LogP contribution is -1.82. The maximum absolute atomic E-state index is 4.75. The summed E-state index contributed by atoms with van der Waals surface area (Å²) in [5.41, 5.74) is 4.44. The molecule has 0 bridgehead atoms. The van der Waals surface area contributed by atoms with Crippen molar-refractivity contribution in [3.05, 3.63) is 67.0 Å². The third kappa shape index (κ3) is 1.98. The van der Waals surface area contributed by atoms with Crippen molar-refractivity contribution in [3.63, 3.8) is 0 Å². The first-order valence-electron chi connectivity index (χ1n) is 7.76. The highest BCUT2D eigenvalue weighted by molar-refractivity contribution is 7.20. The van der Waals surface area contributed by atoms with Gasteiger partial charge in [0.05, 0.1) is 11.9 Å². The number of aromatic nitrogens is 4. The molecule has 0 saturated heterocycles. The van der Waals surface area contributed by atoms with Crippen LogP contribution in [0.15, 0.2) is 67.0 Å². The summed E-state index contributed by atoms with van der Waals surface area (Å²) >= 11 is 1.62. The van der Waals surface area contributed by atoms with Crippen LogP contribution in [-0.4, -0.2) is 19.2 Å². The largest absolute Gasteiger partial charge is 0.350 e. The standard InChI is InChI=1S/C19H14N4S/c1-22-11-15(14-9-5-6-10-17(14)22)18-21-23-12-16(20-19(23)24-18)13-7-3-2-4-8-13/h2-12H,1H3. The van der Waals surface area contributed by atoms with Gasteiger partial charge >= 0.3 is 0 Å². The molecule has 0 radical (unpaired) electrons. The summed E-state index contributed by atoms with van der Waals surface area (Å²) in [6.45, 7) is 0. The fourth-order valence-electron chi connectivity index (χ4n) is 3.07. The molecule has 5 heteroatoms. The Balaban J connectivity index is 1.64. The van der Waals surface area contributed by atoms with Gasteiger partial charge in [-0.2, -0.15) is 5.10 Å². The lowest BCUT2D eigenvalue weighted by Gasteiger charge is -1.94. The smallest absolute Gasteiger partial charge is 0.213 e. The average molecular weight is 330 g/mol. The fourth-order valence-corrected chi connectivity index (χ4v) is 3.97. The third-order valence-corrected chi connectivity index (χ3v) is 5.20. The number of imidazole rings is 1. The van der Waals surface area contributed by atoms with Crippen LogP contribution in [0.4, 0.5) is 0 Å². The van der Waals surface area contributed by atoms with E-state index in [4.69, 9.17) is 10.1 Å². The molecular weight excluding hydrogens is 316 g/mol. The van der Waals surface area contributed by atoms with Gasteiger partial charge in [-0.3, -0.25) is 0 Å². The minimum absolute atomic E-state index is 0.914.